The summed E-state index contributed by atoms with van der Waals surface area (Å²) >= 11 is 0. The summed E-state index contributed by atoms with van der Waals surface area (Å²) < 4.78 is 0. The summed E-state index contributed by atoms with van der Waals surface area (Å²) in [7, 11) is 0. The number of amides is 1. The van der Waals surface area contributed by atoms with E-state index in [0.29, 0.717) is 30.2 Å². The molecular formula is C26H37NO. The molecule has 1 N–H and O–H groups in total. The third kappa shape index (κ3) is 7.50. The summed E-state index contributed by atoms with van der Waals surface area (Å²) in [6.07, 6.45) is 2.66. The van der Waals surface area contributed by atoms with Gasteiger partial charge >= 0.3 is 0 Å². The van der Waals surface area contributed by atoms with Crippen LogP contribution in [0.2, 0.25) is 0 Å². The Balaban J connectivity index is 1.91. The Bertz CT molecular complexity index is 735. The molecule has 2 nitrogen and oxygen atoms in total. The predicted octanol–water partition coefficient (Wildman–Crippen LogP) is 6.60. The van der Waals surface area contributed by atoms with Gasteiger partial charge in [-0.25, -0.2) is 0 Å². The first-order valence-corrected chi connectivity index (χ1v) is 10.6. The number of rotatable bonds is 8. The highest BCUT2D eigenvalue weighted by Gasteiger charge is 2.16. The van der Waals surface area contributed by atoms with Gasteiger partial charge in [-0.15, -0.1) is 0 Å². The van der Waals surface area contributed by atoms with Crippen LogP contribution in [-0.2, 0) is 11.2 Å². The Labute approximate surface area is 171 Å². The summed E-state index contributed by atoms with van der Waals surface area (Å²) in [5.74, 6) is 1.12. The quantitative estimate of drug-likeness (QED) is 0.550. The van der Waals surface area contributed by atoms with Gasteiger partial charge in [0.15, 0.2) is 0 Å². The number of carbonyl (C=O) groups is 1. The average Bonchev–Trinajstić information content (AvgIpc) is 2.60. The number of hydrogen-bond acceptors (Lipinski definition) is 1. The molecule has 1 amide bonds. The van der Waals surface area contributed by atoms with E-state index in [1.165, 1.54) is 28.7 Å². The Kier molecular flexibility index (Phi) is 7.86. The van der Waals surface area contributed by atoms with Crippen molar-refractivity contribution in [2.24, 2.45) is 11.3 Å². The lowest BCUT2D eigenvalue weighted by atomic mass is 9.82. The lowest BCUT2D eigenvalue weighted by molar-refractivity contribution is -0.121. The fraction of sp³-hybridized carbons (Fsp3) is 0.500. The Morgan fingerprint density at radius 1 is 0.893 bits per heavy atom. The van der Waals surface area contributed by atoms with Gasteiger partial charge in [-0.05, 0) is 52.3 Å². The summed E-state index contributed by atoms with van der Waals surface area (Å²) in [5.41, 5.74) is 5.50. The van der Waals surface area contributed by atoms with E-state index in [4.69, 9.17) is 0 Å². The van der Waals surface area contributed by atoms with Crippen LogP contribution in [0.3, 0.4) is 0 Å². The Morgan fingerprint density at radius 3 is 1.93 bits per heavy atom. The van der Waals surface area contributed by atoms with Crippen LogP contribution in [0.1, 0.15) is 71.4 Å². The summed E-state index contributed by atoms with van der Waals surface area (Å²) in [6.45, 7) is 14.0. The molecule has 0 fully saturated rings. The second kappa shape index (κ2) is 9.91. The minimum Gasteiger partial charge on any atom is -0.356 e. The van der Waals surface area contributed by atoms with Crippen LogP contribution in [-0.4, -0.2) is 12.5 Å². The highest BCUT2D eigenvalue weighted by Crippen LogP contribution is 2.31. The maximum absolute atomic E-state index is 11.7. The predicted molar refractivity (Wildman–Crippen MR) is 121 cm³/mol. The monoisotopic (exact) mass is 379 g/mol. The van der Waals surface area contributed by atoms with Crippen molar-refractivity contribution in [3.05, 3.63) is 59.7 Å². The first kappa shape index (κ1) is 22.2. The fourth-order valence-electron chi connectivity index (χ4n) is 3.69. The highest BCUT2D eigenvalue weighted by molar-refractivity contribution is 5.76. The zero-order valence-corrected chi connectivity index (χ0v) is 18.5. The highest BCUT2D eigenvalue weighted by atomic mass is 16.1. The molecule has 0 aliphatic rings. The second-order valence-electron chi connectivity index (χ2n) is 9.68. The van der Waals surface area contributed by atoms with E-state index < -0.39 is 0 Å². The van der Waals surface area contributed by atoms with Gasteiger partial charge in [0.25, 0.3) is 0 Å². The minimum absolute atomic E-state index is 0.146. The third-order valence-corrected chi connectivity index (χ3v) is 5.02. The van der Waals surface area contributed by atoms with Gasteiger partial charge in [0.2, 0.25) is 5.91 Å². The molecule has 152 valence electrons. The molecule has 0 aliphatic carbocycles. The molecule has 0 saturated heterocycles. The van der Waals surface area contributed by atoms with Gasteiger partial charge < -0.3 is 5.32 Å². The van der Waals surface area contributed by atoms with E-state index in [1.54, 1.807) is 0 Å². The van der Waals surface area contributed by atoms with Gasteiger partial charge in [-0.1, -0.05) is 90.1 Å². The molecule has 1 atom stereocenters. The van der Waals surface area contributed by atoms with E-state index >= 15 is 0 Å². The van der Waals surface area contributed by atoms with Crippen molar-refractivity contribution < 1.29 is 4.79 Å². The second-order valence-corrected chi connectivity index (χ2v) is 9.68. The van der Waals surface area contributed by atoms with Crippen molar-refractivity contribution in [2.45, 2.75) is 66.7 Å². The van der Waals surface area contributed by atoms with Crippen LogP contribution in [0.5, 0.6) is 0 Å². The fourth-order valence-corrected chi connectivity index (χ4v) is 3.69. The molecule has 0 bridgehead atoms. The largest absolute Gasteiger partial charge is 0.356 e. The van der Waals surface area contributed by atoms with Crippen LogP contribution in [0.4, 0.5) is 0 Å². The minimum atomic E-state index is 0.146. The molecular weight excluding hydrogens is 342 g/mol. The first-order chi connectivity index (χ1) is 13.1. The van der Waals surface area contributed by atoms with Crippen LogP contribution in [0.15, 0.2) is 48.5 Å². The van der Waals surface area contributed by atoms with E-state index in [0.717, 1.165) is 6.42 Å². The van der Waals surface area contributed by atoms with Gasteiger partial charge in [-0.2, -0.15) is 0 Å². The summed E-state index contributed by atoms with van der Waals surface area (Å²) in [4.78, 5) is 11.7. The van der Waals surface area contributed by atoms with E-state index in [-0.39, 0.29) is 5.91 Å². The first-order valence-electron chi connectivity index (χ1n) is 10.6. The molecule has 0 saturated carbocycles. The van der Waals surface area contributed by atoms with Crippen LogP contribution >= 0.6 is 0 Å². The molecule has 2 aromatic rings. The molecule has 2 aromatic carbocycles. The average molecular weight is 380 g/mol. The molecule has 0 aliphatic heterocycles. The Hall–Kier alpha value is -2.09. The van der Waals surface area contributed by atoms with Crippen LogP contribution < -0.4 is 5.32 Å². The molecule has 0 heterocycles. The van der Waals surface area contributed by atoms with Gasteiger partial charge in [0.1, 0.15) is 0 Å². The summed E-state index contributed by atoms with van der Waals surface area (Å²) in [6, 6.07) is 17.7. The number of nitrogens with one attached hydrogen (secondary N) is 1. The van der Waals surface area contributed by atoms with Crippen LogP contribution in [0.25, 0.3) is 11.1 Å². The molecule has 1 unspecified atom stereocenters. The standard InChI is InChI=1S/C26H37NO/c1-19(2)17-25(28)27-16-15-21-7-9-23(10-8-21)24-13-11-22(12-14-24)20(3)18-26(4,5)6/h7-14,19-20H,15-18H2,1-6H3,(H,27,28). The van der Waals surface area contributed by atoms with Crippen molar-refractivity contribution in [1.82, 2.24) is 5.32 Å². The molecule has 0 spiro atoms. The van der Waals surface area contributed by atoms with Gasteiger partial charge in [0.05, 0.1) is 0 Å². The van der Waals surface area contributed by atoms with Crippen molar-refractivity contribution in [1.29, 1.82) is 0 Å². The Morgan fingerprint density at radius 2 is 1.43 bits per heavy atom. The third-order valence-electron chi connectivity index (χ3n) is 5.02. The molecule has 0 aromatic heterocycles. The molecule has 2 heteroatoms. The van der Waals surface area contributed by atoms with E-state index in [2.05, 4.69) is 95.4 Å². The zero-order chi connectivity index (χ0) is 20.7. The van der Waals surface area contributed by atoms with E-state index in [1.807, 2.05) is 0 Å². The number of benzene rings is 2. The van der Waals surface area contributed by atoms with Crippen LogP contribution in [0, 0.1) is 11.3 Å². The van der Waals surface area contributed by atoms with Gasteiger partial charge in [-0.3, -0.25) is 4.79 Å². The van der Waals surface area contributed by atoms with E-state index in [9.17, 15) is 4.79 Å². The maximum Gasteiger partial charge on any atom is 0.220 e. The summed E-state index contributed by atoms with van der Waals surface area (Å²) in [5, 5.41) is 3.00. The zero-order valence-electron chi connectivity index (χ0n) is 18.5. The van der Waals surface area contributed by atoms with Gasteiger partial charge in [0, 0.05) is 13.0 Å². The maximum atomic E-state index is 11.7. The number of carbonyl (C=O) groups excluding carboxylic acids is 1. The normalized spacial score (nSPS) is 12.8. The number of hydrogen-bond donors (Lipinski definition) is 1. The topological polar surface area (TPSA) is 29.1 Å². The SMILES string of the molecule is CC(C)CC(=O)NCCc1ccc(-c2ccc(C(C)CC(C)(C)C)cc2)cc1. The van der Waals surface area contributed by atoms with Crippen molar-refractivity contribution in [3.63, 3.8) is 0 Å². The van der Waals surface area contributed by atoms with Crippen molar-refractivity contribution >= 4 is 5.91 Å². The van der Waals surface area contributed by atoms with Crippen molar-refractivity contribution in [3.8, 4) is 11.1 Å². The molecule has 0 radical (unpaired) electrons. The smallest absolute Gasteiger partial charge is 0.220 e. The molecule has 2 rings (SSSR count). The molecule has 28 heavy (non-hydrogen) atoms. The lowest BCUT2D eigenvalue weighted by Gasteiger charge is -2.23. The van der Waals surface area contributed by atoms with Crippen molar-refractivity contribution in [2.75, 3.05) is 6.54 Å². The lowest BCUT2D eigenvalue weighted by Crippen LogP contribution is -2.26.